The van der Waals surface area contributed by atoms with Crippen molar-refractivity contribution in [1.29, 1.82) is 0 Å². The van der Waals surface area contributed by atoms with Crippen LogP contribution in [0.3, 0.4) is 0 Å². The molecule has 0 aliphatic carbocycles. The average molecular weight is 246 g/mol. The Bertz CT molecular complexity index is 375. The molecule has 0 saturated carbocycles. The van der Waals surface area contributed by atoms with Crippen molar-refractivity contribution < 1.29 is 18.7 Å². The SMILES string of the molecule is CCOC(=O)CNC(=O)c1ccc(CCl)o1. The number of alkyl halides is 1. The molecular formula is C10H12ClNO4. The summed E-state index contributed by atoms with van der Waals surface area (Å²) < 4.78 is 9.74. The van der Waals surface area contributed by atoms with Crippen molar-refractivity contribution in [3.8, 4) is 0 Å². The van der Waals surface area contributed by atoms with Crippen molar-refractivity contribution in [3.63, 3.8) is 0 Å². The highest BCUT2D eigenvalue weighted by Crippen LogP contribution is 2.09. The van der Waals surface area contributed by atoms with Crippen LogP contribution in [0.25, 0.3) is 0 Å². The summed E-state index contributed by atoms with van der Waals surface area (Å²) in [5.41, 5.74) is 0. The van der Waals surface area contributed by atoms with Crippen LogP contribution in [0.2, 0.25) is 0 Å². The number of carbonyl (C=O) groups excluding carboxylic acids is 2. The first-order chi connectivity index (χ1) is 7.67. The molecule has 88 valence electrons. The molecule has 0 bridgehead atoms. The smallest absolute Gasteiger partial charge is 0.325 e. The first-order valence-corrected chi connectivity index (χ1v) is 5.29. The highest BCUT2D eigenvalue weighted by atomic mass is 35.5. The van der Waals surface area contributed by atoms with E-state index in [4.69, 9.17) is 16.0 Å². The first-order valence-electron chi connectivity index (χ1n) is 4.76. The van der Waals surface area contributed by atoms with E-state index in [1.165, 1.54) is 6.07 Å². The predicted octanol–water partition coefficient (Wildman–Crippen LogP) is 1.31. The van der Waals surface area contributed by atoms with Crippen LogP contribution < -0.4 is 5.32 Å². The summed E-state index contributed by atoms with van der Waals surface area (Å²) in [6, 6.07) is 3.10. The molecule has 1 amide bonds. The topological polar surface area (TPSA) is 68.5 Å². The second kappa shape index (κ2) is 6.17. The minimum atomic E-state index is -0.486. The molecule has 0 spiro atoms. The van der Waals surface area contributed by atoms with Crippen LogP contribution in [0.4, 0.5) is 0 Å². The number of carbonyl (C=O) groups is 2. The van der Waals surface area contributed by atoms with Gasteiger partial charge in [-0.2, -0.15) is 0 Å². The molecule has 0 atom stereocenters. The number of hydrogen-bond donors (Lipinski definition) is 1. The minimum Gasteiger partial charge on any atom is -0.465 e. The number of esters is 1. The van der Waals surface area contributed by atoms with Gasteiger partial charge in [-0.1, -0.05) is 0 Å². The van der Waals surface area contributed by atoms with Crippen molar-refractivity contribution in [2.45, 2.75) is 12.8 Å². The minimum absolute atomic E-state index is 0.125. The molecule has 1 N–H and O–H groups in total. The number of rotatable bonds is 5. The molecule has 0 aromatic carbocycles. The molecule has 1 rings (SSSR count). The maximum Gasteiger partial charge on any atom is 0.325 e. The van der Waals surface area contributed by atoms with Crippen LogP contribution in [0.15, 0.2) is 16.5 Å². The maximum absolute atomic E-state index is 11.4. The molecule has 1 heterocycles. The van der Waals surface area contributed by atoms with Gasteiger partial charge in [-0.25, -0.2) is 0 Å². The van der Waals surface area contributed by atoms with Crippen molar-refractivity contribution >= 4 is 23.5 Å². The van der Waals surface area contributed by atoms with Crippen molar-refractivity contribution in [1.82, 2.24) is 5.32 Å². The van der Waals surface area contributed by atoms with Crippen molar-refractivity contribution in [2.75, 3.05) is 13.2 Å². The largest absolute Gasteiger partial charge is 0.465 e. The Hall–Kier alpha value is -1.49. The summed E-state index contributed by atoms with van der Waals surface area (Å²) in [5, 5.41) is 2.37. The summed E-state index contributed by atoms with van der Waals surface area (Å²) in [6.45, 7) is 1.80. The Morgan fingerprint density at radius 3 is 2.81 bits per heavy atom. The van der Waals surface area contributed by atoms with Crippen LogP contribution >= 0.6 is 11.6 Å². The van der Waals surface area contributed by atoms with Gasteiger partial charge in [-0.05, 0) is 19.1 Å². The van der Waals surface area contributed by atoms with E-state index in [0.29, 0.717) is 5.76 Å². The summed E-state index contributed by atoms with van der Waals surface area (Å²) in [4.78, 5) is 22.4. The van der Waals surface area contributed by atoms with Crippen LogP contribution in [-0.4, -0.2) is 25.0 Å². The third kappa shape index (κ3) is 3.58. The number of halogens is 1. The number of amides is 1. The molecule has 0 fully saturated rings. The molecule has 5 nitrogen and oxygen atoms in total. The average Bonchev–Trinajstić information content (AvgIpc) is 2.75. The Kier molecular flexibility index (Phi) is 4.85. The van der Waals surface area contributed by atoms with E-state index in [2.05, 4.69) is 10.1 Å². The van der Waals surface area contributed by atoms with E-state index in [1.807, 2.05) is 0 Å². The molecular weight excluding hydrogens is 234 g/mol. The second-order valence-electron chi connectivity index (χ2n) is 2.89. The van der Waals surface area contributed by atoms with E-state index < -0.39 is 11.9 Å². The molecule has 0 radical (unpaired) electrons. The van der Waals surface area contributed by atoms with Crippen molar-refractivity contribution in [2.24, 2.45) is 0 Å². The Morgan fingerprint density at radius 2 is 2.25 bits per heavy atom. The molecule has 0 unspecified atom stereocenters. The summed E-state index contributed by atoms with van der Waals surface area (Å²) in [5.74, 6) is -0.127. The summed E-state index contributed by atoms with van der Waals surface area (Å²) in [6.07, 6.45) is 0. The predicted molar refractivity (Wildman–Crippen MR) is 57.2 cm³/mol. The van der Waals surface area contributed by atoms with Gasteiger partial charge < -0.3 is 14.5 Å². The number of ether oxygens (including phenoxy) is 1. The fraction of sp³-hybridized carbons (Fsp3) is 0.400. The zero-order valence-electron chi connectivity index (χ0n) is 8.79. The zero-order valence-corrected chi connectivity index (χ0v) is 9.54. The van der Waals surface area contributed by atoms with E-state index in [1.54, 1.807) is 13.0 Å². The highest BCUT2D eigenvalue weighted by Gasteiger charge is 2.12. The quantitative estimate of drug-likeness (QED) is 0.627. The monoisotopic (exact) mass is 245 g/mol. The molecule has 0 aliphatic heterocycles. The van der Waals surface area contributed by atoms with E-state index >= 15 is 0 Å². The van der Waals surface area contributed by atoms with Crippen LogP contribution in [0.1, 0.15) is 23.2 Å². The Labute approximate surface area is 97.7 Å². The van der Waals surface area contributed by atoms with Gasteiger partial charge in [0.25, 0.3) is 5.91 Å². The third-order valence-corrected chi connectivity index (χ3v) is 1.98. The normalized spacial score (nSPS) is 9.88. The molecule has 0 saturated heterocycles. The Morgan fingerprint density at radius 1 is 1.50 bits per heavy atom. The zero-order chi connectivity index (χ0) is 12.0. The van der Waals surface area contributed by atoms with Crippen LogP contribution in [0.5, 0.6) is 0 Å². The number of nitrogens with one attached hydrogen (secondary N) is 1. The molecule has 1 aromatic heterocycles. The van der Waals surface area contributed by atoms with Gasteiger partial charge in [-0.3, -0.25) is 9.59 Å². The number of furan rings is 1. The van der Waals surface area contributed by atoms with Crippen LogP contribution in [-0.2, 0) is 15.4 Å². The van der Waals surface area contributed by atoms with E-state index in [-0.39, 0.29) is 24.8 Å². The lowest BCUT2D eigenvalue weighted by Crippen LogP contribution is -2.30. The van der Waals surface area contributed by atoms with Gasteiger partial charge in [0, 0.05) is 0 Å². The van der Waals surface area contributed by atoms with Gasteiger partial charge in [0.2, 0.25) is 0 Å². The third-order valence-electron chi connectivity index (χ3n) is 1.72. The summed E-state index contributed by atoms with van der Waals surface area (Å²) >= 11 is 5.51. The molecule has 16 heavy (non-hydrogen) atoms. The van der Waals surface area contributed by atoms with Crippen molar-refractivity contribution in [3.05, 3.63) is 23.7 Å². The van der Waals surface area contributed by atoms with E-state index in [9.17, 15) is 9.59 Å². The lowest BCUT2D eigenvalue weighted by atomic mass is 10.4. The highest BCUT2D eigenvalue weighted by molar-refractivity contribution is 6.16. The molecule has 1 aromatic rings. The number of hydrogen-bond acceptors (Lipinski definition) is 4. The fourth-order valence-corrected chi connectivity index (χ4v) is 1.17. The van der Waals surface area contributed by atoms with Gasteiger partial charge in [0.15, 0.2) is 5.76 Å². The standard InChI is InChI=1S/C10H12ClNO4/c1-2-15-9(13)6-12-10(14)8-4-3-7(5-11)16-8/h3-4H,2,5-6H2,1H3,(H,12,14). The molecule has 0 aliphatic rings. The summed E-state index contributed by atoms with van der Waals surface area (Å²) in [7, 11) is 0. The lowest BCUT2D eigenvalue weighted by Gasteiger charge is -2.02. The molecule has 6 heteroatoms. The van der Waals surface area contributed by atoms with E-state index in [0.717, 1.165) is 0 Å². The second-order valence-corrected chi connectivity index (χ2v) is 3.15. The lowest BCUT2D eigenvalue weighted by molar-refractivity contribution is -0.141. The first kappa shape index (κ1) is 12.6. The van der Waals surface area contributed by atoms with Gasteiger partial charge in [0.05, 0.1) is 12.5 Å². The van der Waals surface area contributed by atoms with Gasteiger partial charge in [0.1, 0.15) is 12.3 Å². The van der Waals surface area contributed by atoms with Gasteiger partial charge in [-0.15, -0.1) is 11.6 Å². The fourth-order valence-electron chi connectivity index (χ4n) is 1.02. The maximum atomic E-state index is 11.4. The van der Waals surface area contributed by atoms with Gasteiger partial charge >= 0.3 is 5.97 Å². The Balaban J connectivity index is 2.43. The van der Waals surface area contributed by atoms with Crippen LogP contribution in [0, 0.1) is 0 Å².